The van der Waals surface area contributed by atoms with Crippen LogP contribution in [-0.2, 0) is 4.79 Å². The number of aliphatic carboxylic acids is 1. The summed E-state index contributed by atoms with van der Waals surface area (Å²) < 4.78 is 1.13. The molecular formula is C22H28O3S. The second-order valence-electron chi connectivity index (χ2n) is 8.18. The molecule has 1 heterocycles. The highest BCUT2D eigenvalue weighted by Gasteiger charge is 2.42. The second-order valence-corrected chi connectivity index (χ2v) is 9.26. The number of ketones is 1. The molecule has 3 unspecified atom stereocenters. The smallest absolute Gasteiger partial charge is 0.306 e. The van der Waals surface area contributed by atoms with Gasteiger partial charge < -0.3 is 5.11 Å². The van der Waals surface area contributed by atoms with Crippen molar-refractivity contribution in [3.63, 3.8) is 0 Å². The molecule has 1 fully saturated rings. The molecule has 0 amide bonds. The number of carboxylic acid groups (broad SMARTS) is 1. The number of carbonyl (C=O) groups excluding carboxylic acids is 1. The zero-order valence-electron chi connectivity index (χ0n) is 15.8. The highest BCUT2D eigenvalue weighted by atomic mass is 32.1. The maximum Gasteiger partial charge on any atom is 0.306 e. The summed E-state index contributed by atoms with van der Waals surface area (Å²) in [4.78, 5) is 25.4. The van der Waals surface area contributed by atoms with Gasteiger partial charge in [-0.2, -0.15) is 0 Å². The van der Waals surface area contributed by atoms with Gasteiger partial charge in [-0.3, -0.25) is 9.59 Å². The average Bonchev–Trinajstić information content (AvgIpc) is 3.01. The van der Waals surface area contributed by atoms with Crippen LogP contribution < -0.4 is 0 Å². The lowest BCUT2D eigenvalue weighted by atomic mass is 9.63. The highest BCUT2D eigenvalue weighted by molar-refractivity contribution is 7.20. The zero-order chi connectivity index (χ0) is 18.8. The minimum Gasteiger partial charge on any atom is -0.481 e. The molecule has 1 aliphatic carbocycles. The summed E-state index contributed by atoms with van der Waals surface area (Å²) in [6.45, 7) is 6.43. The molecule has 3 nitrogen and oxygen atoms in total. The Morgan fingerprint density at radius 1 is 1.19 bits per heavy atom. The Morgan fingerprint density at radius 2 is 1.92 bits per heavy atom. The predicted octanol–water partition coefficient (Wildman–Crippen LogP) is 5.88. The van der Waals surface area contributed by atoms with Crippen LogP contribution in [0.1, 0.15) is 56.1 Å². The number of carbonyl (C=O) groups is 2. The van der Waals surface area contributed by atoms with Crippen molar-refractivity contribution in [1.82, 2.24) is 0 Å². The normalized spacial score (nSPS) is 22.2. The molecule has 0 aliphatic heterocycles. The summed E-state index contributed by atoms with van der Waals surface area (Å²) in [5.41, 5.74) is 0. The number of hydrogen-bond acceptors (Lipinski definition) is 3. The van der Waals surface area contributed by atoms with E-state index in [2.05, 4.69) is 20.8 Å². The van der Waals surface area contributed by atoms with Crippen molar-refractivity contribution in [3.8, 4) is 0 Å². The van der Waals surface area contributed by atoms with Crippen molar-refractivity contribution in [3.05, 3.63) is 35.2 Å². The Labute approximate surface area is 159 Å². The molecule has 1 saturated carbocycles. The van der Waals surface area contributed by atoms with Gasteiger partial charge in [0.15, 0.2) is 5.78 Å². The monoisotopic (exact) mass is 372 g/mol. The van der Waals surface area contributed by atoms with Crippen LogP contribution in [0.5, 0.6) is 0 Å². The summed E-state index contributed by atoms with van der Waals surface area (Å²) in [6.07, 6.45) is 3.11. The Balaban J connectivity index is 1.67. The first-order valence-corrected chi connectivity index (χ1v) is 10.4. The fraction of sp³-hybridized carbons (Fsp3) is 0.545. The van der Waals surface area contributed by atoms with Gasteiger partial charge in [0, 0.05) is 11.1 Å². The fourth-order valence-electron chi connectivity index (χ4n) is 3.97. The van der Waals surface area contributed by atoms with Crippen molar-refractivity contribution in [2.45, 2.75) is 46.5 Å². The Morgan fingerprint density at radius 3 is 2.50 bits per heavy atom. The van der Waals surface area contributed by atoms with Crippen molar-refractivity contribution < 1.29 is 14.7 Å². The van der Waals surface area contributed by atoms with E-state index in [1.807, 2.05) is 30.3 Å². The van der Waals surface area contributed by atoms with Gasteiger partial charge >= 0.3 is 5.97 Å². The second kappa shape index (κ2) is 7.91. The van der Waals surface area contributed by atoms with Gasteiger partial charge in [0.05, 0.1) is 10.8 Å². The zero-order valence-corrected chi connectivity index (χ0v) is 16.6. The van der Waals surface area contributed by atoms with Crippen LogP contribution >= 0.6 is 11.3 Å². The number of thiophene rings is 1. The Bertz CT molecular complexity index is 759. The molecule has 4 atom stereocenters. The van der Waals surface area contributed by atoms with Crippen molar-refractivity contribution in [2.75, 3.05) is 0 Å². The van der Waals surface area contributed by atoms with E-state index >= 15 is 0 Å². The van der Waals surface area contributed by atoms with Crippen LogP contribution in [0, 0.1) is 29.6 Å². The van der Waals surface area contributed by atoms with E-state index in [0.717, 1.165) is 27.8 Å². The fourth-order valence-corrected chi connectivity index (χ4v) is 4.98. The SMILES string of the molecule is CC(C)C(C)C[C@@H](C(=O)O)C1CCC1CC(=O)c1cc2ccccc2s1. The van der Waals surface area contributed by atoms with E-state index in [1.54, 1.807) is 11.3 Å². The Hall–Kier alpha value is -1.68. The lowest BCUT2D eigenvalue weighted by molar-refractivity contribution is -0.147. The van der Waals surface area contributed by atoms with E-state index in [4.69, 9.17) is 0 Å². The first-order valence-electron chi connectivity index (χ1n) is 9.61. The molecule has 1 aromatic heterocycles. The maximum absolute atomic E-state index is 12.7. The van der Waals surface area contributed by atoms with Crippen LogP contribution in [-0.4, -0.2) is 16.9 Å². The third-order valence-electron chi connectivity index (χ3n) is 6.22. The van der Waals surface area contributed by atoms with Gasteiger partial charge in [0.2, 0.25) is 0 Å². The van der Waals surface area contributed by atoms with Gasteiger partial charge in [0.25, 0.3) is 0 Å². The minimum atomic E-state index is -0.693. The molecule has 0 spiro atoms. The van der Waals surface area contributed by atoms with Crippen molar-refractivity contribution in [1.29, 1.82) is 0 Å². The lowest BCUT2D eigenvalue weighted by Gasteiger charge is -2.41. The molecule has 1 aliphatic rings. The molecule has 1 N–H and O–H groups in total. The van der Waals surface area contributed by atoms with Crippen LogP contribution in [0.3, 0.4) is 0 Å². The van der Waals surface area contributed by atoms with E-state index < -0.39 is 5.97 Å². The summed E-state index contributed by atoms with van der Waals surface area (Å²) in [5.74, 6) is 0.385. The first-order chi connectivity index (χ1) is 12.4. The van der Waals surface area contributed by atoms with Gasteiger partial charge in [-0.25, -0.2) is 0 Å². The summed E-state index contributed by atoms with van der Waals surface area (Å²) >= 11 is 1.55. The van der Waals surface area contributed by atoms with Gasteiger partial charge in [0.1, 0.15) is 0 Å². The number of carboxylic acids is 1. The van der Waals surface area contributed by atoms with Crippen molar-refractivity contribution >= 4 is 33.2 Å². The van der Waals surface area contributed by atoms with Crippen LogP contribution in [0.4, 0.5) is 0 Å². The largest absolute Gasteiger partial charge is 0.481 e. The summed E-state index contributed by atoms with van der Waals surface area (Å²) in [5, 5.41) is 10.8. The molecule has 0 saturated heterocycles. The molecule has 3 rings (SSSR count). The molecule has 2 aromatic rings. The van der Waals surface area contributed by atoms with Gasteiger partial charge in [-0.05, 0) is 60.5 Å². The third-order valence-corrected chi connectivity index (χ3v) is 7.38. The van der Waals surface area contributed by atoms with E-state index in [9.17, 15) is 14.7 Å². The van der Waals surface area contributed by atoms with Crippen LogP contribution in [0.2, 0.25) is 0 Å². The van der Waals surface area contributed by atoms with E-state index in [1.165, 1.54) is 0 Å². The molecular weight excluding hydrogens is 344 g/mol. The third kappa shape index (κ3) is 4.01. The number of Topliss-reactive ketones (excluding diaryl/α,β-unsaturated/α-hetero) is 1. The lowest BCUT2D eigenvalue weighted by Crippen LogP contribution is -2.39. The van der Waals surface area contributed by atoms with Crippen molar-refractivity contribution in [2.24, 2.45) is 29.6 Å². The number of hydrogen-bond donors (Lipinski definition) is 1. The van der Waals surface area contributed by atoms with Gasteiger partial charge in [-0.1, -0.05) is 39.0 Å². The maximum atomic E-state index is 12.7. The molecule has 4 heteroatoms. The highest BCUT2D eigenvalue weighted by Crippen LogP contribution is 2.45. The Kier molecular flexibility index (Phi) is 5.81. The topological polar surface area (TPSA) is 54.4 Å². The molecule has 26 heavy (non-hydrogen) atoms. The first kappa shape index (κ1) is 19.1. The molecule has 1 aromatic carbocycles. The summed E-state index contributed by atoms with van der Waals surface area (Å²) in [6, 6.07) is 10.0. The van der Waals surface area contributed by atoms with Crippen LogP contribution in [0.15, 0.2) is 30.3 Å². The average molecular weight is 373 g/mol. The predicted molar refractivity (Wildman–Crippen MR) is 107 cm³/mol. The quantitative estimate of drug-likeness (QED) is 0.588. The van der Waals surface area contributed by atoms with E-state index in [0.29, 0.717) is 24.7 Å². The van der Waals surface area contributed by atoms with Gasteiger partial charge in [-0.15, -0.1) is 11.3 Å². The molecule has 0 radical (unpaired) electrons. The molecule has 0 bridgehead atoms. The molecule has 140 valence electrons. The number of fused-ring (bicyclic) bond motifs is 1. The number of benzene rings is 1. The van der Waals surface area contributed by atoms with Crippen LogP contribution in [0.25, 0.3) is 10.1 Å². The van der Waals surface area contributed by atoms with E-state index in [-0.39, 0.29) is 23.5 Å². The summed E-state index contributed by atoms with van der Waals surface area (Å²) in [7, 11) is 0. The number of rotatable bonds is 8. The minimum absolute atomic E-state index is 0.145. The standard InChI is InChI=1S/C22H28O3S/c1-13(2)14(3)10-18(22(24)25)17-9-8-15(17)11-19(23)21-12-16-6-4-5-7-20(16)26-21/h4-7,12-15,17-18H,8-11H2,1-3H3,(H,24,25)/t14?,15?,17?,18-/m1/s1.